The van der Waals surface area contributed by atoms with Crippen molar-refractivity contribution in [3.63, 3.8) is 0 Å². The lowest BCUT2D eigenvalue weighted by Crippen LogP contribution is -2.37. The van der Waals surface area contributed by atoms with E-state index >= 15 is 0 Å². The van der Waals surface area contributed by atoms with E-state index in [1.165, 1.54) is 0 Å². The summed E-state index contributed by atoms with van der Waals surface area (Å²) in [7, 11) is 0. The molecule has 0 aliphatic carbocycles. The first-order valence-electron chi connectivity index (χ1n) is 9.83. The van der Waals surface area contributed by atoms with E-state index in [-0.39, 0.29) is 29.8 Å². The number of rotatable bonds is 6. The molecule has 1 saturated heterocycles. The molecular weight excluding hydrogens is 350 g/mol. The van der Waals surface area contributed by atoms with Crippen molar-refractivity contribution in [2.75, 3.05) is 23.3 Å². The summed E-state index contributed by atoms with van der Waals surface area (Å²) in [5, 5.41) is 6.34. The molecule has 28 heavy (non-hydrogen) atoms. The molecule has 0 bridgehead atoms. The van der Waals surface area contributed by atoms with Gasteiger partial charge in [-0.25, -0.2) is 0 Å². The summed E-state index contributed by atoms with van der Waals surface area (Å²) in [6, 6.07) is 17.7. The first kappa shape index (κ1) is 20.1. The van der Waals surface area contributed by atoms with E-state index in [1.54, 1.807) is 4.90 Å². The van der Waals surface area contributed by atoms with E-state index in [9.17, 15) is 9.59 Å². The predicted molar refractivity (Wildman–Crippen MR) is 113 cm³/mol. The SMILES string of the molecule is CC(C)(C)C(NCC(=O)Nc1cccc(N2CCCC2=O)c1)c1ccccc1. The van der Waals surface area contributed by atoms with Gasteiger partial charge in [0.05, 0.1) is 6.54 Å². The molecule has 2 aromatic rings. The Balaban J connectivity index is 1.63. The van der Waals surface area contributed by atoms with Crippen molar-refractivity contribution in [3.05, 3.63) is 60.2 Å². The molecule has 1 fully saturated rings. The number of carbonyl (C=O) groups excluding carboxylic acids is 2. The van der Waals surface area contributed by atoms with Gasteiger partial charge in [-0.05, 0) is 35.6 Å². The van der Waals surface area contributed by atoms with Crippen LogP contribution in [0.25, 0.3) is 0 Å². The third-order valence-corrected chi connectivity index (χ3v) is 4.98. The van der Waals surface area contributed by atoms with E-state index < -0.39 is 0 Å². The molecule has 0 saturated carbocycles. The Hall–Kier alpha value is -2.66. The highest BCUT2D eigenvalue weighted by atomic mass is 16.2. The fourth-order valence-corrected chi connectivity index (χ4v) is 3.64. The van der Waals surface area contributed by atoms with Crippen molar-refractivity contribution < 1.29 is 9.59 Å². The second-order valence-corrected chi connectivity index (χ2v) is 8.34. The van der Waals surface area contributed by atoms with Gasteiger partial charge < -0.3 is 15.5 Å². The molecule has 148 valence electrons. The average Bonchev–Trinajstić information content (AvgIpc) is 3.08. The molecule has 1 heterocycles. The van der Waals surface area contributed by atoms with Crippen LogP contribution in [0.2, 0.25) is 0 Å². The molecular formula is C23H29N3O2. The first-order chi connectivity index (χ1) is 13.3. The fourth-order valence-electron chi connectivity index (χ4n) is 3.64. The van der Waals surface area contributed by atoms with Gasteiger partial charge >= 0.3 is 0 Å². The Morgan fingerprint density at radius 3 is 2.50 bits per heavy atom. The number of hydrogen-bond acceptors (Lipinski definition) is 3. The molecule has 5 heteroatoms. The van der Waals surface area contributed by atoms with Gasteiger partial charge in [0.15, 0.2) is 0 Å². The molecule has 0 radical (unpaired) electrons. The van der Waals surface area contributed by atoms with Crippen molar-refractivity contribution >= 4 is 23.2 Å². The molecule has 2 N–H and O–H groups in total. The highest BCUT2D eigenvalue weighted by molar-refractivity contribution is 5.97. The Morgan fingerprint density at radius 2 is 1.86 bits per heavy atom. The minimum atomic E-state index is -0.102. The van der Waals surface area contributed by atoms with E-state index in [1.807, 2.05) is 42.5 Å². The molecule has 0 spiro atoms. The standard InChI is InChI=1S/C23H29N3O2/c1-23(2,3)22(17-9-5-4-6-10-17)24-16-20(27)25-18-11-7-12-19(15-18)26-14-8-13-21(26)28/h4-7,9-12,15,22,24H,8,13-14,16H2,1-3H3,(H,25,27). The van der Waals surface area contributed by atoms with Crippen LogP contribution in [0.1, 0.15) is 45.2 Å². The van der Waals surface area contributed by atoms with E-state index in [0.717, 1.165) is 24.2 Å². The Labute approximate surface area is 167 Å². The monoisotopic (exact) mass is 379 g/mol. The Kier molecular flexibility index (Phi) is 6.15. The smallest absolute Gasteiger partial charge is 0.238 e. The van der Waals surface area contributed by atoms with Crippen LogP contribution in [0.5, 0.6) is 0 Å². The number of hydrogen-bond donors (Lipinski definition) is 2. The second kappa shape index (κ2) is 8.57. The van der Waals surface area contributed by atoms with E-state index in [4.69, 9.17) is 0 Å². The average molecular weight is 380 g/mol. The molecule has 1 aliphatic rings. The zero-order chi connectivity index (χ0) is 20.1. The van der Waals surface area contributed by atoms with Gasteiger partial charge in [0, 0.05) is 30.4 Å². The van der Waals surface area contributed by atoms with Crippen LogP contribution in [-0.2, 0) is 9.59 Å². The van der Waals surface area contributed by atoms with Crippen molar-refractivity contribution in [1.29, 1.82) is 0 Å². The van der Waals surface area contributed by atoms with Gasteiger partial charge in [-0.15, -0.1) is 0 Å². The summed E-state index contributed by atoms with van der Waals surface area (Å²) in [5.74, 6) is 0.0381. The minimum absolute atomic E-state index is 0.0301. The largest absolute Gasteiger partial charge is 0.325 e. The maximum Gasteiger partial charge on any atom is 0.238 e. The number of amides is 2. The molecule has 2 amide bonds. The lowest BCUT2D eigenvalue weighted by atomic mass is 9.82. The summed E-state index contributed by atoms with van der Waals surface area (Å²) in [6.45, 7) is 7.43. The van der Waals surface area contributed by atoms with Crippen molar-refractivity contribution in [3.8, 4) is 0 Å². The summed E-state index contributed by atoms with van der Waals surface area (Å²) in [4.78, 5) is 26.2. The Bertz CT molecular complexity index is 827. The second-order valence-electron chi connectivity index (χ2n) is 8.34. The first-order valence-corrected chi connectivity index (χ1v) is 9.83. The topological polar surface area (TPSA) is 61.4 Å². The lowest BCUT2D eigenvalue weighted by molar-refractivity contribution is -0.117. The van der Waals surface area contributed by atoms with Gasteiger partial charge in [0.1, 0.15) is 0 Å². The summed E-state index contributed by atoms with van der Waals surface area (Å²) < 4.78 is 0. The molecule has 3 rings (SSSR count). The minimum Gasteiger partial charge on any atom is -0.325 e. The van der Waals surface area contributed by atoms with Crippen LogP contribution in [-0.4, -0.2) is 24.9 Å². The van der Waals surface area contributed by atoms with Crippen LogP contribution < -0.4 is 15.5 Å². The third kappa shape index (κ3) is 4.98. The molecule has 1 aliphatic heterocycles. The van der Waals surface area contributed by atoms with Crippen molar-refractivity contribution in [1.82, 2.24) is 5.32 Å². The third-order valence-electron chi connectivity index (χ3n) is 4.98. The number of nitrogens with one attached hydrogen (secondary N) is 2. The number of anilines is 2. The highest BCUT2D eigenvalue weighted by Gasteiger charge is 2.26. The molecule has 2 aromatic carbocycles. The van der Waals surface area contributed by atoms with Gasteiger partial charge in [0.2, 0.25) is 11.8 Å². The molecule has 5 nitrogen and oxygen atoms in total. The van der Waals surface area contributed by atoms with E-state index in [0.29, 0.717) is 12.1 Å². The van der Waals surface area contributed by atoms with E-state index in [2.05, 4.69) is 43.5 Å². The summed E-state index contributed by atoms with van der Waals surface area (Å²) in [5.41, 5.74) is 2.68. The Morgan fingerprint density at radius 1 is 1.11 bits per heavy atom. The highest BCUT2D eigenvalue weighted by Crippen LogP contribution is 2.32. The zero-order valence-corrected chi connectivity index (χ0v) is 16.9. The van der Waals surface area contributed by atoms with Gasteiger partial charge in [-0.1, -0.05) is 57.2 Å². The van der Waals surface area contributed by atoms with Crippen molar-refractivity contribution in [2.24, 2.45) is 5.41 Å². The summed E-state index contributed by atoms with van der Waals surface area (Å²) in [6.07, 6.45) is 1.47. The van der Waals surface area contributed by atoms with Crippen molar-refractivity contribution in [2.45, 2.75) is 39.7 Å². The normalized spacial score (nSPS) is 15.5. The summed E-state index contributed by atoms with van der Waals surface area (Å²) >= 11 is 0. The van der Waals surface area contributed by atoms with Crippen LogP contribution in [0.15, 0.2) is 54.6 Å². The maximum absolute atomic E-state index is 12.5. The van der Waals surface area contributed by atoms with Crippen LogP contribution in [0.4, 0.5) is 11.4 Å². The van der Waals surface area contributed by atoms with Crippen LogP contribution >= 0.6 is 0 Å². The lowest BCUT2D eigenvalue weighted by Gasteiger charge is -2.32. The van der Waals surface area contributed by atoms with Gasteiger partial charge in [-0.3, -0.25) is 9.59 Å². The predicted octanol–water partition coefficient (Wildman–Crippen LogP) is 4.13. The zero-order valence-electron chi connectivity index (χ0n) is 16.9. The van der Waals surface area contributed by atoms with Crippen LogP contribution in [0.3, 0.4) is 0 Å². The molecule has 1 unspecified atom stereocenters. The fraction of sp³-hybridized carbons (Fsp3) is 0.391. The van der Waals surface area contributed by atoms with Gasteiger partial charge in [0.25, 0.3) is 0 Å². The van der Waals surface area contributed by atoms with Gasteiger partial charge in [-0.2, -0.15) is 0 Å². The number of carbonyl (C=O) groups is 2. The van der Waals surface area contributed by atoms with Crippen LogP contribution in [0, 0.1) is 5.41 Å². The number of benzene rings is 2. The number of nitrogens with zero attached hydrogens (tertiary/aromatic N) is 1. The molecule has 1 atom stereocenters. The quantitative estimate of drug-likeness (QED) is 0.793. The molecule has 0 aromatic heterocycles. The maximum atomic E-state index is 12.5.